The Morgan fingerprint density at radius 3 is 2.68 bits per heavy atom. The van der Waals surface area contributed by atoms with Crippen molar-refractivity contribution in [2.45, 2.75) is 31.2 Å². The molecule has 1 aromatic rings. The van der Waals surface area contributed by atoms with E-state index in [1.165, 1.54) is 12.1 Å². The first-order chi connectivity index (χ1) is 8.90. The van der Waals surface area contributed by atoms with Gasteiger partial charge in [-0.3, -0.25) is 0 Å². The summed E-state index contributed by atoms with van der Waals surface area (Å²) in [4.78, 5) is -0.108. The molecule has 1 atom stereocenters. The molecule has 0 aromatic heterocycles. The lowest BCUT2D eigenvalue weighted by Gasteiger charge is -2.12. The summed E-state index contributed by atoms with van der Waals surface area (Å²) in [5.74, 6) is 4.38. The van der Waals surface area contributed by atoms with Gasteiger partial charge in [0.2, 0.25) is 10.0 Å². The number of nitrogens with one attached hydrogen (secondary N) is 1. The van der Waals surface area contributed by atoms with Crippen LogP contribution in [-0.4, -0.2) is 21.0 Å². The van der Waals surface area contributed by atoms with Crippen LogP contribution in [0.15, 0.2) is 23.1 Å². The van der Waals surface area contributed by atoms with E-state index >= 15 is 0 Å². The Balaban J connectivity index is 3.07. The lowest BCUT2D eigenvalue weighted by atomic mass is 10.2. The third-order valence-corrected chi connectivity index (χ3v) is 4.13. The van der Waals surface area contributed by atoms with Gasteiger partial charge in [-0.25, -0.2) is 17.5 Å². The molecule has 6 heteroatoms. The zero-order valence-electron chi connectivity index (χ0n) is 10.9. The van der Waals surface area contributed by atoms with E-state index < -0.39 is 15.8 Å². The zero-order chi connectivity index (χ0) is 14.5. The average Bonchev–Trinajstić information content (AvgIpc) is 2.36. The summed E-state index contributed by atoms with van der Waals surface area (Å²) in [6.07, 6.45) is 0.655. The van der Waals surface area contributed by atoms with Gasteiger partial charge >= 0.3 is 0 Å². The Kier molecular flexibility index (Phi) is 5.48. The number of benzene rings is 1. The van der Waals surface area contributed by atoms with Crippen LogP contribution in [0.25, 0.3) is 0 Å². The van der Waals surface area contributed by atoms with Crippen molar-refractivity contribution in [3.05, 3.63) is 29.6 Å². The Morgan fingerprint density at radius 1 is 1.47 bits per heavy atom. The summed E-state index contributed by atoms with van der Waals surface area (Å²) >= 11 is 0. The molecule has 0 aliphatic heterocycles. The van der Waals surface area contributed by atoms with Crippen molar-refractivity contribution in [3.63, 3.8) is 0 Å². The van der Waals surface area contributed by atoms with Crippen molar-refractivity contribution >= 4 is 10.0 Å². The molecule has 0 spiro atoms. The highest BCUT2D eigenvalue weighted by Crippen LogP contribution is 2.15. The number of nitrogens with two attached hydrogens (primary N) is 1. The highest BCUT2D eigenvalue weighted by atomic mass is 32.2. The number of sulfonamides is 1. The maximum absolute atomic E-state index is 13.7. The van der Waals surface area contributed by atoms with Crippen molar-refractivity contribution < 1.29 is 12.8 Å². The summed E-state index contributed by atoms with van der Waals surface area (Å²) in [5, 5.41) is 0. The molecule has 4 nitrogen and oxygen atoms in total. The highest BCUT2D eigenvalue weighted by Gasteiger charge is 2.17. The largest absolute Gasteiger partial charge is 0.320 e. The molecule has 0 aliphatic rings. The van der Waals surface area contributed by atoms with Gasteiger partial charge in [-0.15, -0.1) is 0 Å². The standard InChI is InChI=1S/C13H17FN2O2S/c1-3-10(2)16-19(17,18)12-7-6-11(5-4-8-15)13(14)9-12/h6-7,9-10,16H,3,8,15H2,1-2H3. The van der Waals surface area contributed by atoms with Crippen LogP contribution in [0.3, 0.4) is 0 Å². The minimum absolute atomic E-state index is 0.108. The van der Waals surface area contributed by atoms with E-state index in [4.69, 9.17) is 5.73 Å². The van der Waals surface area contributed by atoms with Gasteiger partial charge in [0.15, 0.2) is 0 Å². The van der Waals surface area contributed by atoms with E-state index in [2.05, 4.69) is 16.6 Å². The molecule has 19 heavy (non-hydrogen) atoms. The smallest absolute Gasteiger partial charge is 0.240 e. The van der Waals surface area contributed by atoms with E-state index in [0.29, 0.717) is 6.42 Å². The fourth-order valence-electron chi connectivity index (χ4n) is 1.33. The van der Waals surface area contributed by atoms with Crippen LogP contribution in [0.2, 0.25) is 0 Å². The highest BCUT2D eigenvalue weighted by molar-refractivity contribution is 7.89. The number of hydrogen-bond donors (Lipinski definition) is 2. The van der Waals surface area contributed by atoms with Crippen molar-refractivity contribution in [1.82, 2.24) is 4.72 Å². The number of rotatable bonds is 4. The van der Waals surface area contributed by atoms with E-state index in [1.807, 2.05) is 6.92 Å². The molecule has 1 unspecified atom stereocenters. The van der Waals surface area contributed by atoms with Gasteiger partial charge in [0, 0.05) is 6.04 Å². The summed E-state index contributed by atoms with van der Waals surface area (Å²) in [5.41, 5.74) is 5.33. The molecular formula is C13H17FN2O2S. The summed E-state index contributed by atoms with van der Waals surface area (Å²) < 4.78 is 40.0. The van der Waals surface area contributed by atoms with Crippen LogP contribution in [0.4, 0.5) is 4.39 Å². The van der Waals surface area contributed by atoms with Crippen LogP contribution in [0, 0.1) is 17.7 Å². The third-order valence-electron chi connectivity index (χ3n) is 2.54. The second-order valence-corrected chi connectivity index (χ2v) is 5.79. The second-order valence-electron chi connectivity index (χ2n) is 4.08. The van der Waals surface area contributed by atoms with Gasteiger partial charge in [0.05, 0.1) is 17.0 Å². The lowest BCUT2D eigenvalue weighted by Crippen LogP contribution is -2.32. The fourth-order valence-corrected chi connectivity index (χ4v) is 2.67. The van der Waals surface area contributed by atoms with E-state index in [9.17, 15) is 12.8 Å². The molecule has 1 rings (SSSR count). The molecule has 3 N–H and O–H groups in total. The quantitative estimate of drug-likeness (QED) is 0.816. The summed E-state index contributed by atoms with van der Waals surface area (Å²) in [6, 6.07) is 3.42. The molecule has 1 aromatic carbocycles. The molecule has 0 heterocycles. The topological polar surface area (TPSA) is 72.2 Å². The maximum atomic E-state index is 13.7. The SMILES string of the molecule is CCC(C)NS(=O)(=O)c1ccc(C#CCN)c(F)c1. The lowest BCUT2D eigenvalue weighted by molar-refractivity contribution is 0.553. The molecule has 0 fully saturated rings. The fraction of sp³-hybridized carbons (Fsp3) is 0.385. The molecular weight excluding hydrogens is 267 g/mol. The summed E-state index contributed by atoms with van der Waals surface area (Å²) in [6.45, 7) is 3.73. The van der Waals surface area contributed by atoms with Gasteiger partial charge in [0.1, 0.15) is 5.82 Å². The van der Waals surface area contributed by atoms with E-state index in [-0.39, 0.29) is 23.0 Å². The van der Waals surface area contributed by atoms with Crippen molar-refractivity contribution in [2.24, 2.45) is 5.73 Å². The first kappa shape index (κ1) is 15.6. The van der Waals surface area contributed by atoms with Gasteiger partial charge in [-0.1, -0.05) is 18.8 Å². The minimum atomic E-state index is -3.69. The van der Waals surface area contributed by atoms with Crippen LogP contribution in [0.5, 0.6) is 0 Å². The summed E-state index contributed by atoms with van der Waals surface area (Å²) in [7, 11) is -3.69. The molecule has 0 bridgehead atoms. The van der Waals surface area contributed by atoms with Gasteiger partial charge < -0.3 is 5.73 Å². The predicted molar refractivity (Wildman–Crippen MR) is 72.4 cm³/mol. The molecule has 104 valence electrons. The van der Waals surface area contributed by atoms with Gasteiger partial charge in [-0.05, 0) is 31.5 Å². The first-order valence-electron chi connectivity index (χ1n) is 5.91. The van der Waals surface area contributed by atoms with Crippen LogP contribution in [0.1, 0.15) is 25.8 Å². The average molecular weight is 284 g/mol. The third kappa shape index (κ3) is 4.31. The van der Waals surface area contributed by atoms with Gasteiger partial charge in [0.25, 0.3) is 0 Å². The van der Waals surface area contributed by atoms with Gasteiger partial charge in [-0.2, -0.15) is 0 Å². The Morgan fingerprint density at radius 2 is 2.16 bits per heavy atom. The molecule has 0 saturated heterocycles. The predicted octanol–water partition coefficient (Wildman–Crippen LogP) is 1.21. The minimum Gasteiger partial charge on any atom is -0.320 e. The number of halogens is 1. The molecule has 0 saturated carbocycles. The Labute approximate surface area is 113 Å². The van der Waals surface area contributed by atoms with Crippen molar-refractivity contribution in [2.75, 3.05) is 6.54 Å². The van der Waals surface area contributed by atoms with Crippen LogP contribution < -0.4 is 10.5 Å². The second kappa shape index (κ2) is 6.66. The Bertz CT molecular complexity index is 603. The van der Waals surface area contributed by atoms with E-state index in [0.717, 1.165) is 6.07 Å². The normalized spacial score (nSPS) is 12.6. The maximum Gasteiger partial charge on any atom is 0.240 e. The van der Waals surface area contributed by atoms with Crippen molar-refractivity contribution in [1.29, 1.82) is 0 Å². The molecule has 0 aliphatic carbocycles. The van der Waals surface area contributed by atoms with Crippen molar-refractivity contribution in [3.8, 4) is 11.8 Å². The van der Waals surface area contributed by atoms with Crippen LogP contribution in [-0.2, 0) is 10.0 Å². The Hall–Kier alpha value is -1.42. The number of hydrogen-bond acceptors (Lipinski definition) is 3. The van der Waals surface area contributed by atoms with E-state index in [1.54, 1.807) is 6.92 Å². The first-order valence-corrected chi connectivity index (χ1v) is 7.39. The zero-order valence-corrected chi connectivity index (χ0v) is 11.7. The van der Waals surface area contributed by atoms with Crippen LogP contribution >= 0.6 is 0 Å². The molecule has 0 radical (unpaired) electrons. The monoisotopic (exact) mass is 284 g/mol. The molecule has 0 amide bonds.